The number of ketones is 1. The number of rotatable bonds is 6. The summed E-state index contributed by atoms with van der Waals surface area (Å²) in [7, 11) is 0. The van der Waals surface area contributed by atoms with Gasteiger partial charge in [-0.05, 0) is 19.1 Å². The van der Waals surface area contributed by atoms with Crippen molar-refractivity contribution in [1.82, 2.24) is 0 Å². The van der Waals surface area contributed by atoms with Gasteiger partial charge in [0.15, 0.2) is 6.61 Å². The summed E-state index contributed by atoms with van der Waals surface area (Å²) in [4.78, 5) is 34.1. The monoisotopic (exact) mass is 302 g/mol. The van der Waals surface area contributed by atoms with Crippen molar-refractivity contribution in [3.8, 4) is 0 Å². The molecule has 0 atom stereocenters. The normalized spacial score (nSPS) is 10.4. The predicted molar refractivity (Wildman–Crippen MR) is 70.4 cm³/mol. The SMILES string of the molecule is CCOC(=O)/C=C/C(=O)OCC(=O)c1ccc(Cl)s1. The Morgan fingerprint density at radius 2 is 1.84 bits per heavy atom. The van der Waals surface area contributed by atoms with Crippen LogP contribution < -0.4 is 0 Å². The summed E-state index contributed by atoms with van der Waals surface area (Å²) < 4.78 is 9.74. The molecule has 0 amide bonds. The van der Waals surface area contributed by atoms with Gasteiger partial charge in [0, 0.05) is 12.2 Å². The molecular formula is C12H11ClO5S. The van der Waals surface area contributed by atoms with Gasteiger partial charge in [0.2, 0.25) is 5.78 Å². The van der Waals surface area contributed by atoms with Crippen LogP contribution in [-0.4, -0.2) is 30.9 Å². The summed E-state index contributed by atoms with van der Waals surface area (Å²) in [6.45, 7) is 1.47. The van der Waals surface area contributed by atoms with E-state index in [9.17, 15) is 14.4 Å². The quantitative estimate of drug-likeness (QED) is 0.458. The minimum absolute atomic E-state index is 0.218. The minimum atomic E-state index is -0.788. The van der Waals surface area contributed by atoms with E-state index >= 15 is 0 Å². The van der Waals surface area contributed by atoms with Gasteiger partial charge in [-0.25, -0.2) is 9.59 Å². The zero-order valence-electron chi connectivity index (χ0n) is 10.1. The van der Waals surface area contributed by atoms with Crippen molar-refractivity contribution in [1.29, 1.82) is 0 Å². The first-order chi connectivity index (χ1) is 9.02. The zero-order chi connectivity index (χ0) is 14.3. The highest BCUT2D eigenvalue weighted by molar-refractivity contribution is 7.18. The van der Waals surface area contributed by atoms with E-state index in [1.54, 1.807) is 19.1 Å². The molecule has 7 heteroatoms. The molecule has 0 aromatic carbocycles. The molecule has 0 aliphatic heterocycles. The summed E-state index contributed by atoms with van der Waals surface area (Å²) >= 11 is 6.78. The van der Waals surface area contributed by atoms with Crippen LogP contribution in [0.15, 0.2) is 24.3 Å². The lowest BCUT2D eigenvalue weighted by Gasteiger charge is -1.99. The Bertz CT molecular complexity index is 506. The minimum Gasteiger partial charge on any atom is -0.463 e. The Hall–Kier alpha value is -1.66. The average molecular weight is 303 g/mol. The Balaban J connectivity index is 2.38. The third kappa shape index (κ3) is 5.67. The number of hydrogen-bond donors (Lipinski definition) is 0. The maximum atomic E-state index is 11.6. The second kappa shape index (κ2) is 7.70. The van der Waals surface area contributed by atoms with Gasteiger partial charge < -0.3 is 9.47 Å². The van der Waals surface area contributed by atoms with Gasteiger partial charge in [0.1, 0.15) is 0 Å². The highest BCUT2D eigenvalue weighted by atomic mass is 35.5. The number of carbonyl (C=O) groups is 3. The Labute approximate surface area is 118 Å². The molecule has 5 nitrogen and oxygen atoms in total. The summed E-state index contributed by atoms with van der Waals surface area (Å²) in [6, 6.07) is 3.14. The van der Waals surface area contributed by atoms with E-state index < -0.39 is 18.5 Å². The van der Waals surface area contributed by atoms with Gasteiger partial charge in [0.05, 0.1) is 15.8 Å². The van der Waals surface area contributed by atoms with Crippen molar-refractivity contribution >= 4 is 40.7 Å². The topological polar surface area (TPSA) is 69.7 Å². The summed E-state index contributed by atoms with van der Waals surface area (Å²) in [5, 5.41) is 0. The summed E-state index contributed by atoms with van der Waals surface area (Å²) in [6.07, 6.45) is 1.85. The molecule has 0 saturated heterocycles. The molecule has 1 aromatic rings. The molecule has 0 N–H and O–H groups in total. The van der Waals surface area contributed by atoms with Crippen LogP contribution in [0.1, 0.15) is 16.6 Å². The number of thiophene rings is 1. The first-order valence-electron chi connectivity index (χ1n) is 5.33. The van der Waals surface area contributed by atoms with Crippen LogP contribution >= 0.6 is 22.9 Å². The second-order valence-corrected chi connectivity index (χ2v) is 4.94. The lowest BCUT2D eigenvalue weighted by molar-refractivity contribution is -0.139. The van der Waals surface area contributed by atoms with Crippen molar-refractivity contribution < 1.29 is 23.9 Å². The van der Waals surface area contributed by atoms with Gasteiger partial charge in [-0.15, -0.1) is 11.3 Å². The van der Waals surface area contributed by atoms with Gasteiger partial charge in [-0.3, -0.25) is 4.79 Å². The third-order valence-electron chi connectivity index (χ3n) is 1.84. The molecule has 19 heavy (non-hydrogen) atoms. The molecule has 0 radical (unpaired) electrons. The molecule has 0 aliphatic carbocycles. The Morgan fingerprint density at radius 1 is 1.21 bits per heavy atom. The molecular weight excluding hydrogens is 292 g/mol. The lowest BCUT2D eigenvalue weighted by atomic mass is 10.3. The van der Waals surface area contributed by atoms with Crippen LogP contribution in [0, 0.1) is 0 Å². The van der Waals surface area contributed by atoms with Crippen molar-refractivity contribution in [3.05, 3.63) is 33.5 Å². The van der Waals surface area contributed by atoms with Crippen molar-refractivity contribution in [2.45, 2.75) is 6.92 Å². The predicted octanol–water partition coefficient (Wildman–Crippen LogP) is 2.25. The van der Waals surface area contributed by atoms with Gasteiger partial charge in [-0.2, -0.15) is 0 Å². The lowest BCUT2D eigenvalue weighted by Crippen LogP contribution is -2.12. The molecule has 1 heterocycles. The van der Waals surface area contributed by atoms with Gasteiger partial charge in [0.25, 0.3) is 0 Å². The highest BCUT2D eigenvalue weighted by Gasteiger charge is 2.11. The van der Waals surface area contributed by atoms with E-state index in [4.69, 9.17) is 11.6 Å². The molecule has 1 rings (SSSR count). The fourth-order valence-corrected chi connectivity index (χ4v) is 2.01. The van der Waals surface area contributed by atoms with Crippen molar-refractivity contribution in [2.75, 3.05) is 13.2 Å². The van der Waals surface area contributed by atoms with Crippen LogP contribution in [0.4, 0.5) is 0 Å². The molecule has 0 spiro atoms. The van der Waals surface area contributed by atoms with Crippen LogP contribution in [0.5, 0.6) is 0 Å². The fraction of sp³-hybridized carbons (Fsp3) is 0.250. The standard InChI is InChI=1S/C12H11ClO5S/c1-2-17-11(15)5-6-12(16)18-7-8(14)9-3-4-10(13)19-9/h3-6H,2,7H2,1H3/b6-5+. The average Bonchev–Trinajstić information content (AvgIpc) is 2.80. The molecule has 0 aliphatic rings. The smallest absolute Gasteiger partial charge is 0.331 e. The van der Waals surface area contributed by atoms with E-state index in [-0.39, 0.29) is 12.4 Å². The highest BCUT2D eigenvalue weighted by Crippen LogP contribution is 2.21. The summed E-state index contributed by atoms with van der Waals surface area (Å²) in [5.74, 6) is -1.78. The first-order valence-corrected chi connectivity index (χ1v) is 6.52. The zero-order valence-corrected chi connectivity index (χ0v) is 11.6. The van der Waals surface area contributed by atoms with E-state index in [1.165, 1.54) is 0 Å². The number of ether oxygens (including phenoxy) is 2. The maximum Gasteiger partial charge on any atom is 0.331 e. The molecule has 0 bridgehead atoms. The van der Waals surface area contributed by atoms with Crippen LogP contribution in [0.3, 0.4) is 0 Å². The number of carbonyl (C=O) groups excluding carboxylic acids is 3. The van der Waals surface area contributed by atoms with Crippen molar-refractivity contribution in [3.63, 3.8) is 0 Å². The van der Waals surface area contributed by atoms with Crippen LogP contribution in [0.2, 0.25) is 4.34 Å². The Kier molecular flexibility index (Phi) is 6.24. The first kappa shape index (κ1) is 15.4. The van der Waals surface area contributed by atoms with Gasteiger partial charge in [-0.1, -0.05) is 11.6 Å². The van der Waals surface area contributed by atoms with Crippen LogP contribution in [-0.2, 0) is 19.1 Å². The largest absolute Gasteiger partial charge is 0.463 e. The van der Waals surface area contributed by atoms with Gasteiger partial charge >= 0.3 is 11.9 Å². The Morgan fingerprint density at radius 3 is 2.37 bits per heavy atom. The molecule has 1 aromatic heterocycles. The van der Waals surface area contributed by atoms with E-state index in [0.29, 0.717) is 9.21 Å². The number of esters is 2. The van der Waals surface area contributed by atoms with E-state index in [2.05, 4.69) is 9.47 Å². The molecule has 0 saturated carbocycles. The van der Waals surface area contributed by atoms with Crippen molar-refractivity contribution in [2.24, 2.45) is 0 Å². The second-order valence-electron chi connectivity index (χ2n) is 3.22. The number of halogens is 1. The van der Waals surface area contributed by atoms with E-state index in [0.717, 1.165) is 23.5 Å². The number of Topliss-reactive ketones (excluding diaryl/α,β-unsaturated/α-hetero) is 1. The van der Waals surface area contributed by atoms with Crippen LogP contribution in [0.25, 0.3) is 0 Å². The molecule has 0 unspecified atom stereocenters. The maximum absolute atomic E-state index is 11.6. The van der Waals surface area contributed by atoms with E-state index in [1.807, 2.05) is 0 Å². The summed E-state index contributed by atoms with van der Waals surface area (Å²) in [5.41, 5.74) is 0. The third-order valence-corrected chi connectivity index (χ3v) is 3.11. The fourth-order valence-electron chi connectivity index (χ4n) is 1.05. The molecule has 0 fully saturated rings. The number of hydrogen-bond acceptors (Lipinski definition) is 6. The molecule has 102 valence electrons.